The first-order valence-electron chi connectivity index (χ1n) is 4.25. The minimum absolute atomic E-state index is 0.0196. The van der Waals surface area contributed by atoms with Crippen LogP contribution in [0.1, 0.15) is 6.92 Å². The molecule has 0 fully saturated rings. The molecule has 5 heteroatoms. The molecule has 0 aliphatic heterocycles. The van der Waals surface area contributed by atoms with Gasteiger partial charge in [0.05, 0.1) is 5.02 Å². The maximum atomic E-state index is 5.88. The lowest BCUT2D eigenvalue weighted by atomic mass is 10.4. The van der Waals surface area contributed by atoms with E-state index in [2.05, 4.69) is 10.3 Å². The molecule has 0 saturated carbocycles. The first-order valence-corrected chi connectivity index (χ1v) is 5.01. The van der Waals surface area contributed by atoms with Crippen LogP contribution in [0, 0.1) is 0 Å². The number of nitrogens with one attached hydrogen (secondary N) is 1. The lowest BCUT2D eigenvalue weighted by molar-refractivity contribution is 0.212. The summed E-state index contributed by atoms with van der Waals surface area (Å²) in [6.07, 6.45) is 1.53. The molecule has 1 N–H and O–H groups in total. The van der Waals surface area contributed by atoms with Gasteiger partial charge in [-0.05, 0) is 20.0 Å². The number of hydrogen-bond acceptors (Lipinski definition) is 3. The number of hydrogen-bond donors (Lipinski definition) is 1. The van der Waals surface area contributed by atoms with Crippen LogP contribution >= 0.6 is 23.2 Å². The van der Waals surface area contributed by atoms with E-state index in [-0.39, 0.29) is 6.10 Å². The average molecular weight is 235 g/mol. The topological polar surface area (TPSA) is 34.1 Å². The molecular formula is C9H12Cl2N2O. The minimum atomic E-state index is 0.0196. The third-order valence-electron chi connectivity index (χ3n) is 1.58. The van der Waals surface area contributed by atoms with E-state index in [1.54, 1.807) is 6.07 Å². The molecule has 1 unspecified atom stereocenters. The van der Waals surface area contributed by atoms with Gasteiger partial charge in [-0.25, -0.2) is 4.98 Å². The van der Waals surface area contributed by atoms with Gasteiger partial charge in [0.1, 0.15) is 11.1 Å². The molecule has 1 aromatic rings. The first-order chi connectivity index (χ1) is 6.63. The molecule has 1 heterocycles. The summed E-state index contributed by atoms with van der Waals surface area (Å²) in [5.74, 6) is 0.416. The van der Waals surface area contributed by atoms with Crippen LogP contribution < -0.4 is 10.1 Å². The summed E-state index contributed by atoms with van der Waals surface area (Å²) < 4.78 is 5.48. The Labute approximate surface area is 93.4 Å². The fraction of sp³-hybridized carbons (Fsp3) is 0.444. The number of rotatable bonds is 4. The van der Waals surface area contributed by atoms with Crippen LogP contribution in [0.15, 0.2) is 12.3 Å². The standard InChI is InChI=1S/C9H12Cl2N2O/c1-6(4-12-2)14-9-8(11)3-7(10)5-13-9/h3,5-6,12H,4H2,1-2H3. The summed E-state index contributed by atoms with van der Waals surface area (Å²) >= 11 is 11.6. The van der Waals surface area contributed by atoms with Crippen LogP contribution in [0.5, 0.6) is 5.88 Å². The van der Waals surface area contributed by atoms with Gasteiger partial charge in [0, 0.05) is 12.7 Å². The molecular weight excluding hydrogens is 223 g/mol. The molecule has 0 bridgehead atoms. The van der Waals surface area contributed by atoms with Gasteiger partial charge >= 0.3 is 0 Å². The third kappa shape index (κ3) is 3.33. The van der Waals surface area contributed by atoms with Gasteiger partial charge in [-0.2, -0.15) is 0 Å². The van der Waals surface area contributed by atoms with Gasteiger partial charge in [0.2, 0.25) is 5.88 Å². The molecule has 0 amide bonds. The molecule has 0 spiro atoms. The predicted molar refractivity (Wildman–Crippen MR) is 58.3 cm³/mol. The maximum Gasteiger partial charge on any atom is 0.232 e. The Balaban J connectivity index is 2.67. The van der Waals surface area contributed by atoms with Crippen LogP contribution in [0.4, 0.5) is 0 Å². The van der Waals surface area contributed by atoms with Crippen LogP contribution in [-0.4, -0.2) is 24.7 Å². The van der Waals surface area contributed by atoms with Crippen molar-refractivity contribution in [2.24, 2.45) is 0 Å². The fourth-order valence-electron chi connectivity index (χ4n) is 1.01. The highest BCUT2D eigenvalue weighted by atomic mass is 35.5. The van der Waals surface area contributed by atoms with Crippen molar-refractivity contribution in [3.05, 3.63) is 22.3 Å². The zero-order chi connectivity index (χ0) is 10.6. The number of aromatic nitrogens is 1. The Morgan fingerprint density at radius 2 is 2.29 bits per heavy atom. The number of ether oxygens (including phenoxy) is 1. The monoisotopic (exact) mass is 234 g/mol. The van der Waals surface area contributed by atoms with Crippen LogP contribution in [-0.2, 0) is 0 Å². The lowest BCUT2D eigenvalue weighted by Crippen LogP contribution is -2.26. The van der Waals surface area contributed by atoms with Crippen molar-refractivity contribution in [2.75, 3.05) is 13.6 Å². The highest BCUT2D eigenvalue weighted by molar-refractivity contribution is 6.35. The molecule has 1 aromatic heterocycles. The summed E-state index contributed by atoms with van der Waals surface area (Å²) in [6, 6.07) is 1.61. The van der Waals surface area contributed by atoms with Crippen molar-refractivity contribution < 1.29 is 4.74 Å². The van der Waals surface area contributed by atoms with Gasteiger partial charge in [-0.1, -0.05) is 23.2 Å². The zero-order valence-electron chi connectivity index (χ0n) is 8.05. The molecule has 14 heavy (non-hydrogen) atoms. The van der Waals surface area contributed by atoms with E-state index in [1.165, 1.54) is 6.20 Å². The molecule has 78 valence electrons. The highest BCUT2D eigenvalue weighted by Crippen LogP contribution is 2.25. The van der Waals surface area contributed by atoms with Gasteiger partial charge < -0.3 is 10.1 Å². The van der Waals surface area contributed by atoms with E-state index < -0.39 is 0 Å². The molecule has 0 aromatic carbocycles. The second kappa shape index (κ2) is 5.39. The number of pyridine rings is 1. The maximum absolute atomic E-state index is 5.88. The van der Waals surface area contributed by atoms with E-state index in [0.29, 0.717) is 15.9 Å². The van der Waals surface area contributed by atoms with Crippen molar-refractivity contribution in [2.45, 2.75) is 13.0 Å². The minimum Gasteiger partial charge on any atom is -0.472 e. The van der Waals surface area contributed by atoms with Crippen molar-refractivity contribution in [3.63, 3.8) is 0 Å². The Bertz CT molecular complexity index is 307. The zero-order valence-corrected chi connectivity index (χ0v) is 9.56. The smallest absolute Gasteiger partial charge is 0.232 e. The molecule has 0 aliphatic carbocycles. The quantitative estimate of drug-likeness (QED) is 0.869. The van der Waals surface area contributed by atoms with E-state index in [1.807, 2.05) is 14.0 Å². The number of nitrogens with zero attached hydrogens (tertiary/aromatic N) is 1. The Kier molecular flexibility index (Phi) is 4.45. The van der Waals surface area contributed by atoms with Gasteiger partial charge in [-0.3, -0.25) is 0 Å². The number of halogens is 2. The van der Waals surface area contributed by atoms with Gasteiger partial charge in [0.15, 0.2) is 0 Å². The van der Waals surface area contributed by atoms with Gasteiger partial charge in [-0.15, -0.1) is 0 Å². The molecule has 1 rings (SSSR count). The largest absolute Gasteiger partial charge is 0.472 e. The highest BCUT2D eigenvalue weighted by Gasteiger charge is 2.08. The Morgan fingerprint density at radius 1 is 1.57 bits per heavy atom. The SMILES string of the molecule is CNCC(C)Oc1ncc(Cl)cc1Cl. The average Bonchev–Trinajstić information content (AvgIpc) is 2.10. The van der Waals surface area contributed by atoms with E-state index in [0.717, 1.165) is 6.54 Å². The Hall–Kier alpha value is -0.510. The summed E-state index contributed by atoms with van der Waals surface area (Å²) in [5.41, 5.74) is 0. The van der Waals surface area contributed by atoms with Gasteiger partial charge in [0.25, 0.3) is 0 Å². The predicted octanol–water partition coefficient (Wildman–Crippen LogP) is 2.38. The second-order valence-corrected chi connectivity index (χ2v) is 3.77. The van der Waals surface area contributed by atoms with Crippen LogP contribution in [0.3, 0.4) is 0 Å². The molecule has 1 atom stereocenters. The van der Waals surface area contributed by atoms with Crippen molar-refractivity contribution in [3.8, 4) is 5.88 Å². The summed E-state index contributed by atoms with van der Waals surface area (Å²) in [5, 5.41) is 3.93. The number of likely N-dealkylation sites (N-methyl/N-ethyl adjacent to an activating group) is 1. The molecule has 3 nitrogen and oxygen atoms in total. The van der Waals surface area contributed by atoms with E-state index in [4.69, 9.17) is 27.9 Å². The van der Waals surface area contributed by atoms with Crippen molar-refractivity contribution >= 4 is 23.2 Å². The van der Waals surface area contributed by atoms with E-state index >= 15 is 0 Å². The van der Waals surface area contributed by atoms with Crippen molar-refractivity contribution in [1.29, 1.82) is 0 Å². The summed E-state index contributed by atoms with van der Waals surface area (Å²) in [4.78, 5) is 3.99. The van der Waals surface area contributed by atoms with E-state index in [9.17, 15) is 0 Å². The fourth-order valence-corrected chi connectivity index (χ4v) is 1.43. The summed E-state index contributed by atoms with van der Waals surface area (Å²) in [7, 11) is 1.86. The Morgan fingerprint density at radius 3 is 2.86 bits per heavy atom. The summed E-state index contributed by atoms with van der Waals surface area (Å²) in [6.45, 7) is 2.67. The lowest BCUT2D eigenvalue weighted by Gasteiger charge is -2.13. The molecule has 0 radical (unpaired) electrons. The molecule has 0 aliphatic rings. The van der Waals surface area contributed by atoms with Crippen molar-refractivity contribution in [1.82, 2.24) is 10.3 Å². The second-order valence-electron chi connectivity index (χ2n) is 2.93. The normalized spacial score (nSPS) is 12.6. The third-order valence-corrected chi connectivity index (χ3v) is 2.06. The van der Waals surface area contributed by atoms with Crippen LogP contribution in [0.25, 0.3) is 0 Å². The first kappa shape index (κ1) is 11.6. The molecule has 0 saturated heterocycles. The van der Waals surface area contributed by atoms with Crippen LogP contribution in [0.2, 0.25) is 10.0 Å².